The molecule has 1 aliphatic rings. The Morgan fingerprint density at radius 2 is 1.82 bits per heavy atom. The maximum absolute atomic E-state index is 12.2. The maximum atomic E-state index is 12.2. The number of amides is 1. The van der Waals surface area contributed by atoms with Crippen LogP contribution in [0.3, 0.4) is 0 Å². The summed E-state index contributed by atoms with van der Waals surface area (Å²) in [7, 11) is 0. The summed E-state index contributed by atoms with van der Waals surface area (Å²) >= 11 is 0. The van der Waals surface area contributed by atoms with Gasteiger partial charge in [-0.15, -0.1) is 0 Å². The molecule has 0 atom stereocenters. The molecule has 2 N–H and O–H groups in total. The van der Waals surface area contributed by atoms with Gasteiger partial charge in [0.2, 0.25) is 5.91 Å². The smallest absolute Gasteiger partial charge is 0.228 e. The second kappa shape index (κ2) is 8.81. The second-order valence-corrected chi connectivity index (χ2v) is 7.31. The van der Waals surface area contributed by atoms with Gasteiger partial charge in [-0.05, 0) is 66.2 Å². The summed E-state index contributed by atoms with van der Waals surface area (Å²) in [5, 5.41) is 6.31. The van der Waals surface area contributed by atoms with Crippen LogP contribution >= 0.6 is 0 Å². The highest BCUT2D eigenvalue weighted by Crippen LogP contribution is 2.29. The lowest BCUT2D eigenvalue weighted by molar-refractivity contribution is -0.115. The van der Waals surface area contributed by atoms with Crippen LogP contribution in [0.4, 0.5) is 5.69 Å². The third-order valence-corrected chi connectivity index (χ3v) is 5.29. The number of aromatic nitrogens is 1. The molecule has 0 radical (unpaired) electrons. The predicted molar refractivity (Wildman–Crippen MR) is 113 cm³/mol. The zero-order valence-corrected chi connectivity index (χ0v) is 15.9. The van der Waals surface area contributed by atoms with E-state index >= 15 is 0 Å². The molecule has 4 heteroatoms. The van der Waals surface area contributed by atoms with E-state index < -0.39 is 0 Å². The molecule has 1 aromatic heterocycles. The third kappa shape index (κ3) is 4.65. The van der Waals surface area contributed by atoms with E-state index in [1.165, 1.54) is 29.5 Å². The monoisotopic (exact) mass is 371 g/mol. The normalized spacial score (nSPS) is 14.6. The Labute approximate surface area is 166 Å². The highest BCUT2D eigenvalue weighted by molar-refractivity contribution is 5.92. The summed E-state index contributed by atoms with van der Waals surface area (Å²) in [5.41, 5.74) is 5.58. The van der Waals surface area contributed by atoms with Gasteiger partial charge in [0.15, 0.2) is 0 Å². The van der Waals surface area contributed by atoms with Gasteiger partial charge in [0.1, 0.15) is 0 Å². The first-order chi connectivity index (χ1) is 13.8. The van der Waals surface area contributed by atoms with Crippen molar-refractivity contribution in [3.05, 3.63) is 84.2 Å². The fourth-order valence-corrected chi connectivity index (χ4v) is 3.77. The lowest BCUT2D eigenvalue weighted by Gasteiger charge is -2.23. The number of pyridine rings is 1. The minimum atomic E-state index is -0.0337. The SMILES string of the molecule is O=C(Cc1ccc(-c2cccc(C3CCNCC3)c2)cc1)Nc1cccnc1. The molecule has 4 nitrogen and oxygen atoms in total. The molecule has 1 aliphatic heterocycles. The number of carbonyl (C=O) groups excluding carboxylic acids is 1. The number of nitrogens with one attached hydrogen (secondary N) is 2. The Bertz CT molecular complexity index is 916. The van der Waals surface area contributed by atoms with Gasteiger partial charge >= 0.3 is 0 Å². The summed E-state index contributed by atoms with van der Waals surface area (Å²) in [6.07, 6.45) is 6.10. The standard InChI is InChI=1S/C24H25N3O/c28-24(27-23-5-2-12-26-17-23)15-18-6-8-19(9-7-18)21-3-1-4-22(16-21)20-10-13-25-14-11-20/h1-9,12,16-17,20,25H,10-11,13-15H2,(H,27,28). The van der Waals surface area contributed by atoms with E-state index in [0.29, 0.717) is 12.3 Å². The summed E-state index contributed by atoms with van der Waals surface area (Å²) in [4.78, 5) is 16.2. The fraction of sp³-hybridized carbons (Fsp3) is 0.250. The fourth-order valence-electron chi connectivity index (χ4n) is 3.77. The minimum Gasteiger partial charge on any atom is -0.324 e. The number of anilines is 1. The van der Waals surface area contributed by atoms with Gasteiger partial charge in [-0.1, -0.05) is 48.5 Å². The second-order valence-electron chi connectivity index (χ2n) is 7.31. The van der Waals surface area contributed by atoms with Crippen LogP contribution in [0.5, 0.6) is 0 Å². The van der Waals surface area contributed by atoms with Crippen LogP contribution in [0.15, 0.2) is 73.1 Å². The van der Waals surface area contributed by atoms with E-state index in [1.807, 2.05) is 24.3 Å². The van der Waals surface area contributed by atoms with Crippen LogP contribution in [-0.2, 0) is 11.2 Å². The number of benzene rings is 2. The molecule has 1 amide bonds. The van der Waals surface area contributed by atoms with E-state index in [0.717, 1.165) is 24.3 Å². The van der Waals surface area contributed by atoms with Gasteiger partial charge in [-0.3, -0.25) is 9.78 Å². The average Bonchev–Trinajstić information content (AvgIpc) is 2.76. The lowest BCUT2D eigenvalue weighted by atomic mass is 9.88. The molecular formula is C24H25N3O. The highest BCUT2D eigenvalue weighted by Gasteiger charge is 2.15. The molecule has 0 saturated carbocycles. The molecule has 2 aromatic carbocycles. The molecule has 4 rings (SSSR count). The van der Waals surface area contributed by atoms with Crippen LogP contribution in [0.2, 0.25) is 0 Å². The van der Waals surface area contributed by atoms with Crippen LogP contribution in [0.25, 0.3) is 11.1 Å². The van der Waals surface area contributed by atoms with Gasteiger partial charge < -0.3 is 10.6 Å². The zero-order chi connectivity index (χ0) is 19.2. The maximum Gasteiger partial charge on any atom is 0.228 e. The Morgan fingerprint density at radius 3 is 2.57 bits per heavy atom. The van der Waals surface area contributed by atoms with E-state index in [2.05, 4.69) is 52.0 Å². The van der Waals surface area contributed by atoms with Crippen molar-refractivity contribution in [2.75, 3.05) is 18.4 Å². The van der Waals surface area contributed by atoms with Crippen molar-refractivity contribution in [3.63, 3.8) is 0 Å². The molecule has 3 aromatic rings. The molecule has 1 fully saturated rings. The van der Waals surface area contributed by atoms with E-state index in [4.69, 9.17) is 0 Å². The van der Waals surface area contributed by atoms with Gasteiger partial charge in [0.05, 0.1) is 18.3 Å². The van der Waals surface area contributed by atoms with Crippen molar-refractivity contribution >= 4 is 11.6 Å². The first kappa shape index (κ1) is 18.4. The van der Waals surface area contributed by atoms with Crippen LogP contribution in [0, 0.1) is 0 Å². The number of carbonyl (C=O) groups is 1. The molecule has 2 heterocycles. The summed E-state index contributed by atoms with van der Waals surface area (Å²) in [6.45, 7) is 2.20. The van der Waals surface area contributed by atoms with Crippen molar-refractivity contribution in [3.8, 4) is 11.1 Å². The molecule has 0 aliphatic carbocycles. The molecule has 0 spiro atoms. The Morgan fingerprint density at radius 1 is 1.00 bits per heavy atom. The molecular weight excluding hydrogens is 346 g/mol. The number of piperidine rings is 1. The number of nitrogens with zero attached hydrogens (tertiary/aromatic N) is 1. The molecule has 0 unspecified atom stereocenters. The quantitative estimate of drug-likeness (QED) is 0.699. The van der Waals surface area contributed by atoms with Crippen molar-refractivity contribution in [1.82, 2.24) is 10.3 Å². The van der Waals surface area contributed by atoms with Gasteiger partial charge in [0, 0.05) is 6.20 Å². The van der Waals surface area contributed by atoms with E-state index in [-0.39, 0.29) is 5.91 Å². The topological polar surface area (TPSA) is 54.0 Å². The third-order valence-electron chi connectivity index (χ3n) is 5.29. The number of hydrogen-bond donors (Lipinski definition) is 2. The first-order valence-electron chi connectivity index (χ1n) is 9.88. The molecule has 0 bridgehead atoms. The molecule has 1 saturated heterocycles. The van der Waals surface area contributed by atoms with Crippen molar-refractivity contribution in [2.45, 2.75) is 25.2 Å². The Kier molecular flexibility index (Phi) is 5.78. The zero-order valence-electron chi connectivity index (χ0n) is 15.9. The van der Waals surface area contributed by atoms with Crippen molar-refractivity contribution < 1.29 is 4.79 Å². The van der Waals surface area contributed by atoms with Gasteiger partial charge in [-0.2, -0.15) is 0 Å². The molecule has 28 heavy (non-hydrogen) atoms. The number of rotatable bonds is 5. The van der Waals surface area contributed by atoms with E-state index in [9.17, 15) is 4.79 Å². The summed E-state index contributed by atoms with van der Waals surface area (Å²) in [6, 6.07) is 20.8. The van der Waals surface area contributed by atoms with E-state index in [1.54, 1.807) is 12.4 Å². The summed E-state index contributed by atoms with van der Waals surface area (Å²) in [5.74, 6) is 0.616. The highest BCUT2D eigenvalue weighted by atomic mass is 16.1. The lowest BCUT2D eigenvalue weighted by Crippen LogP contribution is -2.26. The minimum absolute atomic E-state index is 0.0337. The largest absolute Gasteiger partial charge is 0.324 e. The van der Waals surface area contributed by atoms with Crippen LogP contribution in [0.1, 0.15) is 29.9 Å². The van der Waals surface area contributed by atoms with Gasteiger partial charge in [-0.25, -0.2) is 0 Å². The average molecular weight is 371 g/mol. The Balaban J connectivity index is 1.42. The van der Waals surface area contributed by atoms with Crippen LogP contribution < -0.4 is 10.6 Å². The van der Waals surface area contributed by atoms with Gasteiger partial charge in [0.25, 0.3) is 0 Å². The number of hydrogen-bond acceptors (Lipinski definition) is 3. The Hall–Kier alpha value is -2.98. The molecule has 142 valence electrons. The van der Waals surface area contributed by atoms with Crippen LogP contribution in [-0.4, -0.2) is 24.0 Å². The van der Waals surface area contributed by atoms with Crippen molar-refractivity contribution in [1.29, 1.82) is 0 Å². The first-order valence-corrected chi connectivity index (χ1v) is 9.88. The predicted octanol–water partition coefficient (Wildman–Crippen LogP) is 4.40. The van der Waals surface area contributed by atoms with Crippen molar-refractivity contribution in [2.24, 2.45) is 0 Å². The summed E-state index contributed by atoms with van der Waals surface area (Å²) < 4.78 is 0.